The van der Waals surface area contributed by atoms with Crippen LogP contribution in [0.3, 0.4) is 0 Å². The zero-order chi connectivity index (χ0) is 13.9. The van der Waals surface area contributed by atoms with Crippen molar-refractivity contribution in [1.82, 2.24) is 4.98 Å². The molecule has 0 aliphatic heterocycles. The van der Waals surface area contributed by atoms with Gasteiger partial charge >= 0.3 is 0 Å². The molecule has 0 radical (unpaired) electrons. The second-order valence-corrected chi connectivity index (χ2v) is 6.13. The zero-order valence-corrected chi connectivity index (χ0v) is 12.0. The van der Waals surface area contributed by atoms with Crippen molar-refractivity contribution in [2.75, 3.05) is 4.72 Å². The molecule has 0 bridgehead atoms. The van der Waals surface area contributed by atoms with Crippen LogP contribution in [0.5, 0.6) is 0 Å². The highest BCUT2D eigenvalue weighted by Crippen LogP contribution is 2.18. The van der Waals surface area contributed by atoms with E-state index >= 15 is 0 Å². The van der Waals surface area contributed by atoms with E-state index in [4.69, 9.17) is 23.2 Å². The molecule has 0 saturated heterocycles. The Morgan fingerprint density at radius 1 is 1.16 bits per heavy atom. The first-order valence-electron chi connectivity index (χ1n) is 5.30. The molecule has 0 atom stereocenters. The van der Waals surface area contributed by atoms with Gasteiger partial charge in [-0.3, -0.25) is 4.72 Å². The van der Waals surface area contributed by atoms with Gasteiger partial charge in [-0.2, -0.15) is 0 Å². The average molecular weight is 317 g/mol. The molecular formula is C12H10Cl2N2O2S. The summed E-state index contributed by atoms with van der Waals surface area (Å²) >= 11 is 11.4. The van der Waals surface area contributed by atoms with Gasteiger partial charge in [-0.15, -0.1) is 11.6 Å². The van der Waals surface area contributed by atoms with Crippen LogP contribution in [0.25, 0.3) is 0 Å². The Morgan fingerprint density at radius 2 is 1.84 bits per heavy atom. The van der Waals surface area contributed by atoms with Gasteiger partial charge in [0.05, 0.1) is 4.90 Å². The maximum Gasteiger partial charge on any atom is 0.263 e. The van der Waals surface area contributed by atoms with Gasteiger partial charge in [0.25, 0.3) is 10.0 Å². The fourth-order valence-electron chi connectivity index (χ4n) is 1.41. The predicted molar refractivity (Wildman–Crippen MR) is 76.1 cm³/mol. The number of pyridine rings is 1. The van der Waals surface area contributed by atoms with E-state index in [1.807, 2.05) is 0 Å². The van der Waals surface area contributed by atoms with Crippen molar-refractivity contribution in [3.05, 3.63) is 53.2 Å². The summed E-state index contributed by atoms with van der Waals surface area (Å²) in [6.45, 7) is 0. The number of sulfonamides is 1. The third kappa shape index (κ3) is 3.59. The monoisotopic (exact) mass is 316 g/mol. The van der Waals surface area contributed by atoms with Crippen LogP contribution in [0.1, 0.15) is 5.56 Å². The molecule has 1 heterocycles. The van der Waals surface area contributed by atoms with Crippen LogP contribution in [0.4, 0.5) is 5.82 Å². The Bertz CT molecular complexity index is 672. The lowest BCUT2D eigenvalue weighted by Gasteiger charge is -2.07. The summed E-state index contributed by atoms with van der Waals surface area (Å²) in [6, 6.07) is 9.30. The van der Waals surface area contributed by atoms with Crippen molar-refractivity contribution in [2.24, 2.45) is 0 Å². The first-order chi connectivity index (χ1) is 9.01. The minimum absolute atomic E-state index is 0.142. The van der Waals surface area contributed by atoms with Gasteiger partial charge in [-0.25, -0.2) is 13.4 Å². The van der Waals surface area contributed by atoms with Crippen molar-refractivity contribution in [1.29, 1.82) is 0 Å². The van der Waals surface area contributed by atoms with Crippen molar-refractivity contribution < 1.29 is 8.42 Å². The fraction of sp³-hybridized carbons (Fsp3) is 0.0833. The molecule has 0 saturated carbocycles. The normalized spacial score (nSPS) is 11.3. The zero-order valence-electron chi connectivity index (χ0n) is 9.68. The van der Waals surface area contributed by atoms with Crippen molar-refractivity contribution >= 4 is 39.0 Å². The molecule has 2 rings (SSSR count). The van der Waals surface area contributed by atoms with Crippen LogP contribution >= 0.6 is 23.2 Å². The van der Waals surface area contributed by atoms with Gasteiger partial charge < -0.3 is 0 Å². The molecule has 0 spiro atoms. The number of benzene rings is 1. The van der Waals surface area contributed by atoms with Gasteiger partial charge in [0, 0.05) is 23.2 Å². The number of hydrogen-bond donors (Lipinski definition) is 1. The van der Waals surface area contributed by atoms with E-state index in [0.29, 0.717) is 10.9 Å². The lowest BCUT2D eigenvalue weighted by Crippen LogP contribution is -2.13. The Labute approximate surface area is 121 Å². The van der Waals surface area contributed by atoms with Gasteiger partial charge in [-0.05, 0) is 23.8 Å². The smallest absolute Gasteiger partial charge is 0.263 e. The highest BCUT2D eigenvalue weighted by atomic mass is 35.5. The van der Waals surface area contributed by atoms with Crippen LogP contribution < -0.4 is 4.72 Å². The minimum Gasteiger partial charge on any atom is -0.263 e. The highest BCUT2D eigenvalue weighted by Gasteiger charge is 2.14. The lowest BCUT2D eigenvalue weighted by atomic mass is 10.2. The Morgan fingerprint density at radius 3 is 2.42 bits per heavy atom. The van der Waals surface area contributed by atoms with Gasteiger partial charge in [-0.1, -0.05) is 23.7 Å². The Hall–Kier alpha value is -1.30. The summed E-state index contributed by atoms with van der Waals surface area (Å²) < 4.78 is 26.5. The number of nitrogens with zero attached hydrogens (tertiary/aromatic N) is 1. The lowest BCUT2D eigenvalue weighted by molar-refractivity contribution is 0.601. The molecule has 0 aliphatic rings. The number of alkyl halides is 1. The fourth-order valence-corrected chi connectivity index (χ4v) is 2.75. The topological polar surface area (TPSA) is 59.1 Å². The van der Waals surface area contributed by atoms with E-state index < -0.39 is 10.0 Å². The third-order valence-corrected chi connectivity index (χ3v) is 4.26. The van der Waals surface area contributed by atoms with Gasteiger partial charge in [0.15, 0.2) is 0 Å². The minimum atomic E-state index is -3.67. The molecule has 100 valence electrons. The number of anilines is 1. The summed E-state index contributed by atoms with van der Waals surface area (Å²) in [5.74, 6) is 0.512. The number of aromatic nitrogens is 1. The quantitative estimate of drug-likeness (QED) is 0.881. The van der Waals surface area contributed by atoms with E-state index in [1.165, 1.54) is 24.4 Å². The van der Waals surface area contributed by atoms with Crippen molar-refractivity contribution in [3.8, 4) is 0 Å². The second-order valence-electron chi connectivity index (χ2n) is 3.74. The predicted octanol–water partition coefficient (Wildman–Crippen LogP) is 3.27. The molecule has 2 aromatic rings. The largest absolute Gasteiger partial charge is 0.263 e. The van der Waals surface area contributed by atoms with Crippen LogP contribution in [0, 0.1) is 0 Å². The summed E-state index contributed by atoms with van der Waals surface area (Å²) in [5, 5.41) is 0.408. The molecule has 7 heteroatoms. The summed E-state index contributed by atoms with van der Waals surface area (Å²) in [4.78, 5) is 4.03. The first-order valence-corrected chi connectivity index (χ1v) is 7.70. The van der Waals surface area contributed by atoms with Crippen molar-refractivity contribution in [3.63, 3.8) is 0 Å². The summed E-state index contributed by atoms with van der Waals surface area (Å²) in [5.41, 5.74) is 0.849. The van der Waals surface area contributed by atoms with Crippen LogP contribution in [0.15, 0.2) is 47.5 Å². The Kier molecular flexibility index (Phi) is 4.29. The average Bonchev–Trinajstić information content (AvgIpc) is 2.38. The number of hydrogen-bond acceptors (Lipinski definition) is 3. The first kappa shape index (κ1) is 14.1. The molecule has 0 aliphatic carbocycles. The van der Waals surface area contributed by atoms with Crippen LogP contribution in [0.2, 0.25) is 5.02 Å². The van der Waals surface area contributed by atoms with Crippen LogP contribution in [-0.4, -0.2) is 13.4 Å². The standard InChI is InChI=1S/C12H10Cl2N2O2S/c13-8-9-1-3-11(4-2-9)19(17,18)16-12-7-10(14)5-6-15-12/h1-7H,8H2,(H,15,16). The number of nitrogens with one attached hydrogen (secondary N) is 1. The molecule has 0 fully saturated rings. The maximum absolute atomic E-state index is 12.1. The molecule has 4 nitrogen and oxygen atoms in total. The van der Waals surface area contributed by atoms with Gasteiger partial charge in [0.1, 0.15) is 5.82 Å². The van der Waals surface area contributed by atoms with E-state index in [1.54, 1.807) is 18.2 Å². The summed E-state index contributed by atoms with van der Waals surface area (Å²) in [7, 11) is -3.67. The molecule has 1 aromatic carbocycles. The third-order valence-electron chi connectivity index (χ3n) is 2.35. The molecule has 0 unspecified atom stereocenters. The number of halogens is 2. The highest BCUT2D eigenvalue weighted by molar-refractivity contribution is 7.92. The van der Waals surface area contributed by atoms with Crippen LogP contribution in [-0.2, 0) is 15.9 Å². The maximum atomic E-state index is 12.1. The van der Waals surface area contributed by atoms with Gasteiger partial charge in [0.2, 0.25) is 0 Å². The van der Waals surface area contributed by atoms with E-state index in [9.17, 15) is 8.42 Å². The summed E-state index contributed by atoms with van der Waals surface area (Å²) in [6.07, 6.45) is 1.43. The SMILES string of the molecule is O=S(=O)(Nc1cc(Cl)ccn1)c1ccc(CCl)cc1. The van der Waals surface area contributed by atoms with E-state index in [-0.39, 0.29) is 10.7 Å². The molecule has 19 heavy (non-hydrogen) atoms. The number of rotatable bonds is 4. The van der Waals surface area contributed by atoms with E-state index in [2.05, 4.69) is 9.71 Å². The van der Waals surface area contributed by atoms with Crippen molar-refractivity contribution in [2.45, 2.75) is 10.8 Å². The molecule has 1 aromatic heterocycles. The van der Waals surface area contributed by atoms with E-state index in [0.717, 1.165) is 5.56 Å². The second kappa shape index (κ2) is 5.77. The molecule has 1 N–H and O–H groups in total. The Balaban J connectivity index is 2.27. The molecule has 0 amide bonds. The molecular weight excluding hydrogens is 307 g/mol.